The molecule has 2 aromatic carbocycles. The van der Waals surface area contributed by atoms with E-state index in [1.54, 1.807) is 55.6 Å². The average Bonchev–Trinajstić information content (AvgIpc) is 3.23. The molecule has 1 heterocycles. The lowest BCUT2D eigenvalue weighted by Crippen LogP contribution is -2.33. The predicted octanol–water partition coefficient (Wildman–Crippen LogP) is 4.82. The number of nitrogens with zero attached hydrogens (tertiary/aromatic N) is 3. The van der Waals surface area contributed by atoms with Crippen molar-refractivity contribution >= 4 is 40.9 Å². The van der Waals surface area contributed by atoms with Gasteiger partial charge in [-0.15, -0.1) is 10.2 Å². The minimum absolute atomic E-state index is 0.0701. The minimum atomic E-state index is -0.350. The molecule has 3 aromatic rings. The van der Waals surface area contributed by atoms with Crippen LogP contribution in [0.4, 0.5) is 5.69 Å². The maximum Gasteiger partial charge on any atom is 0.251 e. The quantitative estimate of drug-likeness (QED) is 0.386. The van der Waals surface area contributed by atoms with E-state index in [2.05, 4.69) is 20.8 Å². The maximum absolute atomic E-state index is 12.9. The molecule has 0 radical (unpaired) electrons. The van der Waals surface area contributed by atoms with Gasteiger partial charge in [0.2, 0.25) is 5.91 Å². The van der Waals surface area contributed by atoms with Gasteiger partial charge in [0.15, 0.2) is 11.0 Å². The van der Waals surface area contributed by atoms with Crippen LogP contribution in [0, 0.1) is 5.92 Å². The molecular formula is C24H28ClN5O3S. The number of ether oxygens (including phenoxy) is 1. The van der Waals surface area contributed by atoms with Crippen molar-refractivity contribution in [1.29, 1.82) is 0 Å². The van der Waals surface area contributed by atoms with Crippen LogP contribution >= 0.6 is 23.4 Å². The Balaban J connectivity index is 1.70. The van der Waals surface area contributed by atoms with Crippen molar-refractivity contribution in [3.63, 3.8) is 0 Å². The number of benzene rings is 2. The molecular weight excluding hydrogens is 474 g/mol. The Kier molecular flexibility index (Phi) is 8.95. The van der Waals surface area contributed by atoms with Crippen LogP contribution in [0.3, 0.4) is 0 Å². The van der Waals surface area contributed by atoms with Crippen LogP contribution in [-0.2, 0) is 11.3 Å². The largest absolute Gasteiger partial charge is 0.497 e. The topological polar surface area (TPSA) is 98.1 Å². The van der Waals surface area contributed by atoms with E-state index < -0.39 is 0 Å². The number of anilines is 1. The van der Waals surface area contributed by atoms with Crippen LogP contribution in [0.2, 0.25) is 5.02 Å². The molecule has 0 fully saturated rings. The summed E-state index contributed by atoms with van der Waals surface area (Å²) in [6.45, 7) is 6.60. The average molecular weight is 502 g/mol. The molecule has 0 aliphatic heterocycles. The number of methoxy groups -OCH3 is 1. The molecule has 180 valence electrons. The van der Waals surface area contributed by atoms with Crippen molar-refractivity contribution in [2.45, 2.75) is 38.5 Å². The molecule has 2 amide bonds. The number of thioether (sulfide) groups is 1. The Morgan fingerprint density at radius 2 is 1.88 bits per heavy atom. The second-order valence-electron chi connectivity index (χ2n) is 7.86. The summed E-state index contributed by atoms with van der Waals surface area (Å²) in [5.74, 6) is 1.19. The summed E-state index contributed by atoms with van der Waals surface area (Å²) in [6.07, 6.45) is 0. The molecule has 0 aliphatic rings. The third-order valence-electron chi connectivity index (χ3n) is 5.09. The zero-order valence-electron chi connectivity index (χ0n) is 19.5. The van der Waals surface area contributed by atoms with E-state index in [4.69, 9.17) is 16.3 Å². The molecule has 0 spiro atoms. The van der Waals surface area contributed by atoms with Gasteiger partial charge >= 0.3 is 0 Å². The fraction of sp³-hybridized carbons (Fsp3) is 0.333. The van der Waals surface area contributed by atoms with Crippen LogP contribution in [0.1, 0.15) is 43.0 Å². The highest BCUT2D eigenvalue weighted by atomic mass is 35.5. The summed E-state index contributed by atoms with van der Waals surface area (Å²) >= 11 is 7.26. The van der Waals surface area contributed by atoms with Crippen LogP contribution < -0.4 is 15.4 Å². The molecule has 34 heavy (non-hydrogen) atoms. The van der Waals surface area contributed by atoms with Gasteiger partial charge in [-0.05, 0) is 55.3 Å². The third-order valence-corrected chi connectivity index (χ3v) is 6.29. The van der Waals surface area contributed by atoms with Crippen LogP contribution in [0.25, 0.3) is 0 Å². The third kappa shape index (κ3) is 6.51. The van der Waals surface area contributed by atoms with Crippen molar-refractivity contribution in [2.75, 3.05) is 18.2 Å². The van der Waals surface area contributed by atoms with Crippen LogP contribution in [0.15, 0.2) is 53.7 Å². The fourth-order valence-electron chi connectivity index (χ4n) is 3.32. The van der Waals surface area contributed by atoms with Gasteiger partial charge in [0, 0.05) is 22.8 Å². The van der Waals surface area contributed by atoms with Gasteiger partial charge in [0.1, 0.15) is 5.75 Å². The lowest BCUT2D eigenvalue weighted by molar-refractivity contribution is -0.113. The summed E-state index contributed by atoms with van der Waals surface area (Å²) in [7, 11) is 1.58. The summed E-state index contributed by atoms with van der Waals surface area (Å²) < 4.78 is 7.09. The lowest BCUT2D eigenvalue weighted by Gasteiger charge is -2.22. The minimum Gasteiger partial charge on any atom is -0.497 e. The monoisotopic (exact) mass is 501 g/mol. The van der Waals surface area contributed by atoms with Crippen molar-refractivity contribution in [2.24, 2.45) is 5.92 Å². The number of hydrogen-bond donors (Lipinski definition) is 2. The zero-order valence-corrected chi connectivity index (χ0v) is 21.1. The van der Waals surface area contributed by atoms with E-state index in [0.29, 0.717) is 39.5 Å². The molecule has 10 heteroatoms. The molecule has 0 aliphatic carbocycles. The normalized spacial score (nSPS) is 11.8. The molecule has 3 rings (SSSR count). The molecule has 0 saturated heterocycles. The van der Waals surface area contributed by atoms with Gasteiger partial charge < -0.3 is 19.9 Å². The zero-order chi connectivity index (χ0) is 24.7. The number of aromatic nitrogens is 3. The smallest absolute Gasteiger partial charge is 0.251 e. The summed E-state index contributed by atoms with van der Waals surface area (Å²) in [5, 5.41) is 15.7. The van der Waals surface area contributed by atoms with E-state index in [1.807, 2.05) is 25.3 Å². The van der Waals surface area contributed by atoms with Gasteiger partial charge in [-0.1, -0.05) is 43.3 Å². The van der Waals surface area contributed by atoms with Crippen molar-refractivity contribution in [3.8, 4) is 5.75 Å². The van der Waals surface area contributed by atoms with Gasteiger partial charge in [-0.2, -0.15) is 0 Å². The summed E-state index contributed by atoms with van der Waals surface area (Å²) in [6, 6.07) is 13.6. The first-order valence-corrected chi connectivity index (χ1v) is 12.2. The molecule has 2 N–H and O–H groups in total. The second-order valence-corrected chi connectivity index (χ2v) is 9.23. The molecule has 0 unspecified atom stereocenters. The number of carbonyl (C=O) groups is 2. The molecule has 0 saturated carbocycles. The highest BCUT2D eigenvalue weighted by molar-refractivity contribution is 7.99. The molecule has 8 nitrogen and oxygen atoms in total. The predicted molar refractivity (Wildman–Crippen MR) is 135 cm³/mol. The Hall–Kier alpha value is -3.04. The number of carbonyl (C=O) groups excluding carboxylic acids is 2. The van der Waals surface area contributed by atoms with E-state index in [1.165, 1.54) is 11.8 Å². The first-order chi connectivity index (χ1) is 16.3. The van der Waals surface area contributed by atoms with Crippen molar-refractivity contribution < 1.29 is 14.3 Å². The Labute approximate surface area is 208 Å². The second kappa shape index (κ2) is 11.9. The Morgan fingerprint density at radius 3 is 2.50 bits per heavy atom. The van der Waals surface area contributed by atoms with Gasteiger partial charge in [0.05, 0.1) is 18.9 Å². The Morgan fingerprint density at radius 1 is 1.15 bits per heavy atom. The van der Waals surface area contributed by atoms with Gasteiger partial charge in [-0.25, -0.2) is 0 Å². The highest BCUT2D eigenvalue weighted by Crippen LogP contribution is 2.26. The van der Waals surface area contributed by atoms with Crippen LogP contribution in [-0.4, -0.2) is 39.4 Å². The number of halogens is 1. The van der Waals surface area contributed by atoms with Gasteiger partial charge in [-0.3, -0.25) is 9.59 Å². The van der Waals surface area contributed by atoms with E-state index >= 15 is 0 Å². The molecule has 1 aromatic heterocycles. The molecule has 1 atom stereocenters. The van der Waals surface area contributed by atoms with Crippen molar-refractivity contribution in [3.05, 3.63) is 64.9 Å². The fourth-order valence-corrected chi connectivity index (χ4v) is 4.32. The SMILES string of the molecule is CCn1c(SCC(=O)Nc2cccc(Cl)c2)nnc1[C@H](NC(=O)c1ccc(OC)cc1)C(C)C. The number of rotatable bonds is 10. The van der Waals surface area contributed by atoms with Gasteiger partial charge in [0.25, 0.3) is 5.91 Å². The van der Waals surface area contributed by atoms with E-state index in [0.717, 1.165) is 0 Å². The summed E-state index contributed by atoms with van der Waals surface area (Å²) in [5.41, 5.74) is 1.16. The lowest BCUT2D eigenvalue weighted by atomic mass is 10.0. The van der Waals surface area contributed by atoms with E-state index in [-0.39, 0.29) is 29.5 Å². The number of hydrogen-bond acceptors (Lipinski definition) is 6. The number of nitrogens with one attached hydrogen (secondary N) is 2. The van der Waals surface area contributed by atoms with E-state index in [9.17, 15) is 9.59 Å². The van der Waals surface area contributed by atoms with Crippen molar-refractivity contribution in [1.82, 2.24) is 20.1 Å². The Bertz CT molecular complexity index is 1130. The summed E-state index contributed by atoms with van der Waals surface area (Å²) in [4.78, 5) is 25.3. The first kappa shape index (κ1) is 25.6. The maximum atomic E-state index is 12.9. The standard InChI is InChI=1S/C24H28ClN5O3S/c1-5-30-22(21(15(2)3)27-23(32)16-9-11-19(33-4)12-10-16)28-29-24(30)34-14-20(31)26-18-8-6-7-17(25)13-18/h6-13,15,21H,5,14H2,1-4H3,(H,26,31)(H,27,32)/t21-/m1/s1. The molecule has 0 bridgehead atoms. The highest BCUT2D eigenvalue weighted by Gasteiger charge is 2.26. The first-order valence-electron chi connectivity index (χ1n) is 10.9. The number of amides is 2. The van der Waals surface area contributed by atoms with Crippen LogP contribution in [0.5, 0.6) is 5.75 Å².